The number of nitrogens with two attached hydrogens (primary N) is 1. The van der Waals surface area contributed by atoms with Crippen molar-refractivity contribution in [2.24, 2.45) is 5.73 Å². The van der Waals surface area contributed by atoms with Crippen molar-refractivity contribution in [1.82, 2.24) is 9.55 Å². The first-order valence-electron chi connectivity index (χ1n) is 6.56. The van der Waals surface area contributed by atoms with E-state index in [1.807, 2.05) is 12.1 Å². The summed E-state index contributed by atoms with van der Waals surface area (Å²) in [5.74, 6) is 2.31. The average Bonchev–Trinajstić information content (AvgIpc) is 2.80. The maximum absolute atomic E-state index is 5.78. The van der Waals surface area contributed by atoms with Gasteiger partial charge in [0.05, 0.1) is 31.8 Å². The topological polar surface area (TPSA) is 62.3 Å². The summed E-state index contributed by atoms with van der Waals surface area (Å²) in [5.41, 5.74) is 7.73. The van der Waals surface area contributed by atoms with Gasteiger partial charge in [0.25, 0.3) is 0 Å². The van der Waals surface area contributed by atoms with E-state index < -0.39 is 0 Å². The van der Waals surface area contributed by atoms with Crippen LogP contribution in [0.5, 0.6) is 11.5 Å². The molecule has 0 aliphatic heterocycles. The van der Waals surface area contributed by atoms with Crippen molar-refractivity contribution in [3.05, 3.63) is 18.0 Å². The van der Waals surface area contributed by atoms with Crippen LogP contribution in [0.15, 0.2) is 12.1 Å². The second-order valence-corrected chi connectivity index (χ2v) is 4.43. The van der Waals surface area contributed by atoms with Crippen LogP contribution in [0, 0.1) is 0 Å². The van der Waals surface area contributed by atoms with E-state index in [-0.39, 0.29) is 0 Å². The molecule has 2 N–H and O–H groups in total. The molecular formula is C14H21N3O2. The molecule has 2 aromatic rings. The highest BCUT2D eigenvalue weighted by Crippen LogP contribution is 2.32. The normalized spacial score (nSPS) is 10.9. The molecule has 0 aliphatic carbocycles. The van der Waals surface area contributed by atoms with Gasteiger partial charge in [-0.05, 0) is 6.42 Å². The van der Waals surface area contributed by atoms with Gasteiger partial charge < -0.3 is 19.8 Å². The lowest BCUT2D eigenvalue weighted by Gasteiger charge is -2.10. The van der Waals surface area contributed by atoms with Crippen molar-refractivity contribution in [3.8, 4) is 11.5 Å². The van der Waals surface area contributed by atoms with Crippen LogP contribution in [-0.2, 0) is 13.1 Å². The van der Waals surface area contributed by atoms with E-state index in [0.717, 1.165) is 42.0 Å². The van der Waals surface area contributed by atoms with E-state index in [0.29, 0.717) is 12.3 Å². The zero-order valence-electron chi connectivity index (χ0n) is 11.8. The third-order valence-corrected chi connectivity index (χ3v) is 3.25. The van der Waals surface area contributed by atoms with Crippen LogP contribution in [0.25, 0.3) is 11.0 Å². The number of methoxy groups -OCH3 is 2. The van der Waals surface area contributed by atoms with Crippen LogP contribution in [-0.4, -0.2) is 23.8 Å². The van der Waals surface area contributed by atoms with Gasteiger partial charge in [-0.1, -0.05) is 13.3 Å². The van der Waals surface area contributed by atoms with Crippen LogP contribution in [0.2, 0.25) is 0 Å². The first-order valence-corrected chi connectivity index (χ1v) is 6.56. The maximum atomic E-state index is 5.78. The van der Waals surface area contributed by atoms with E-state index >= 15 is 0 Å². The van der Waals surface area contributed by atoms with Gasteiger partial charge in [-0.15, -0.1) is 0 Å². The van der Waals surface area contributed by atoms with Crippen LogP contribution < -0.4 is 15.2 Å². The molecule has 0 saturated carbocycles. The van der Waals surface area contributed by atoms with Crippen molar-refractivity contribution in [2.45, 2.75) is 32.9 Å². The number of rotatable bonds is 6. The number of ether oxygens (including phenoxy) is 2. The summed E-state index contributed by atoms with van der Waals surface area (Å²) < 4.78 is 12.8. The third-order valence-electron chi connectivity index (χ3n) is 3.25. The van der Waals surface area contributed by atoms with E-state index in [4.69, 9.17) is 15.2 Å². The highest BCUT2D eigenvalue weighted by atomic mass is 16.5. The van der Waals surface area contributed by atoms with Gasteiger partial charge in [0.2, 0.25) is 0 Å². The Balaban J connectivity index is 2.57. The molecule has 104 valence electrons. The number of aryl methyl sites for hydroxylation is 1. The Kier molecular flexibility index (Phi) is 4.27. The first-order chi connectivity index (χ1) is 9.24. The molecular weight excluding hydrogens is 242 g/mol. The van der Waals surface area contributed by atoms with Gasteiger partial charge in [0.1, 0.15) is 5.82 Å². The summed E-state index contributed by atoms with van der Waals surface area (Å²) in [6.45, 7) is 3.53. The molecule has 5 nitrogen and oxygen atoms in total. The maximum Gasteiger partial charge on any atom is 0.163 e. The number of hydrogen-bond acceptors (Lipinski definition) is 4. The zero-order chi connectivity index (χ0) is 13.8. The van der Waals surface area contributed by atoms with Crippen LogP contribution >= 0.6 is 0 Å². The van der Waals surface area contributed by atoms with Gasteiger partial charge >= 0.3 is 0 Å². The van der Waals surface area contributed by atoms with Crippen molar-refractivity contribution >= 4 is 11.0 Å². The van der Waals surface area contributed by atoms with Crippen LogP contribution in [0.1, 0.15) is 25.6 Å². The highest BCUT2D eigenvalue weighted by Gasteiger charge is 2.13. The molecule has 0 amide bonds. The highest BCUT2D eigenvalue weighted by molar-refractivity contribution is 5.80. The molecule has 1 aromatic carbocycles. The molecule has 5 heteroatoms. The van der Waals surface area contributed by atoms with E-state index in [9.17, 15) is 0 Å². The summed E-state index contributed by atoms with van der Waals surface area (Å²) in [4.78, 5) is 4.57. The predicted octanol–water partition coefficient (Wildman–Crippen LogP) is 2.31. The molecule has 0 spiro atoms. The Morgan fingerprint density at radius 1 is 1.21 bits per heavy atom. The number of fused-ring (bicyclic) bond motifs is 1. The molecule has 0 unspecified atom stereocenters. The Morgan fingerprint density at radius 2 is 1.89 bits per heavy atom. The van der Waals surface area contributed by atoms with Crippen molar-refractivity contribution < 1.29 is 9.47 Å². The standard InChI is InChI=1S/C14H21N3O2/c1-4-5-6-17-11-8-13(19-3)12(18-2)7-10(11)16-14(17)9-15/h7-8H,4-6,9,15H2,1-3H3. The van der Waals surface area contributed by atoms with Crippen molar-refractivity contribution in [1.29, 1.82) is 0 Å². The van der Waals surface area contributed by atoms with Crippen molar-refractivity contribution in [3.63, 3.8) is 0 Å². The second kappa shape index (κ2) is 5.93. The van der Waals surface area contributed by atoms with E-state index in [2.05, 4.69) is 16.5 Å². The number of nitrogens with zero attached hydrogens (tertiary/aromatic N) is 2. The summed E-state index contributed by atoms with van der Waals surface area (Å²) in [6, 6.07) is 3.87. The smallest absolute Gasteiger partial charge is 0.163 e. The first kappa shape index (κ1) is 13.7. The largest absolute Gasteiger partial charge is 0.493 e. The molecule has 2 rings (SSSR count). The van der Waals surface area contributed by atoms with Gasteiger partial charge in [0, 0.05) is 18.7 Å². The molecule has 0 atom stereocenters. The van der Waals surface area contributed by atoms with Gasteiger partial charge in [-0.3, -0.25) is 0 Å². The number of unbranched alkanes of at least 4 members (excludes halogenated alkanes) is 1. The molecule has 0 saturated heterocycles. The molecule has 19 heavy (non-hydrogen) atoms. The number of benzene rings is 1. The molecule has 1 heterocycles. The fraction of sp³-hybridized carbons (Fsp3) is 0.500. The zero-order valence-corrected chi connectivity index (χ0v) is 11.8. The number of hydrogen-bond donors (Lipinski definition) is 1. The minimum atomic E-state index is 0.434. The minimum Gasteiger partial charge on any atom is -0.493 e. The number of aromatic nitrogens is 2. The molecule has 0 aliphatic rings. The van der Waals surface area contributed by atoms with Gasteiger partial charge in [-0.25, -0.2) is 4.98 Å². The summed E-state index contributed by atoms with van der Waals surface area (Å²) in [5, 5.41) is 0. The average molecular weight is 263 g/mol. The van der Waals surface area contributed by atoms with Gasteiger partial charge in [0.15, 0.2) is 11.5 Å². The Labute approximate surface area is 113 Å². The van der Waals surface area contributed by atoms with Crippen molar-refractivity contribution in [2.75, 3.05) is 14.2 Å². The molecule has 0 bridgehead atoms. The lowest BCUT2D eigenvalue weighted by Crippen LogP contribution is -2.08. The summed E-state index contributed by atoms with van der Waals surface area (Å²) >= 11 is 0. The quantitative estimate of drug-likeness (QED) is 0.868. The van der Waals surface area contributed by atoms with Gasteiger partial charge in [-0.2, -0.15) is 0 Å². The Bertz CT molecular complexity index is 563. The second-order valence-electron chi connectivity index (χ2n) is 4.43. The lowest BCUT2D eigenvalue weighted by molar-refractivity contribution is 0.355. The molecule has 1 aromatic heterocycles. The summed E-state index contributed by atoms with van der Waals surface area (Å²) in [6.07, 6.45) is 2.24. The fourth-order valence-electron chi connectivity index (χ4n) is 2.22. The lowest BCUT2D eigenvalue weighted by atomic mass is 10.2. The monoisotopic (exact) mass is 263 g/mol. The van der Waals surface area contributed by atoms with E-state index in [1.165, 1.54) is 0 Å². The molecule has 0 radical (unpaired) electrons. The third kappa shape index (κ3) is 2.51. The number of imidazole rings is 1. The Hall–Kier alpha value is -1.75. The van der Waals surface area contributed by atoms with Crippen LogP contribution in [0.3, 0.4) is 0 Å². The fourth-order valence-corrected chi connectivity index (χ4v) is 2.22. The Morgan fingerprint density at radius 3 is 2.47 bits per heavy atom. The molecule has 0 fully saturated rings. The predicted molar refractivity (Wildman–Crippen MR) is 75.6 cm³/mol. The summed E-state index contributed by atoms with van der Waals surface area (Å²) in [7, 11) is 3.27. The van der Waals surface area contributed by atoms with Crippen LogP contribution in [0.4, 0.5) is 0 Å². The SMILES string of the molecule is CCCCn1c(CN)nc2cc(OC)c(OC)cc21. The van der Waals surface area contributed by atoms with E-state index in [1.54, 1.807) is 14.2 Å². The minimum absolute atomic E-state index is 0.434.